The molecule has 14 heavy (non-hydrogen) atoms. The summed E-state index contributed by atoms with van der Waals surface area (Å²) in [4.78, 5) is 13.6. The van der Waals surface area contributed by atoms with Crippen LogP contribution in [0, 0.1) is 5.92 Å². The van der Waals surface area contributed by atoms with E-state index in [1.807, 2.05) is 20.8 Å². The maximum absolute atomic E-state index is 11.4. The summed E-state index contributed by atoms with van der Waals surface area (Å²) < 4.78 is 0. The Morgan fingerprint density at radius 1 is 1.36 bits per heavy atom. The molecule has 84 valence electrons. The van der Waals surface area contributed by atoms with Gasteiger partial charge in [0.05, 0.1) is 0 Å². The molecule has 1 amide bonds. The summed E-state index contributed by atoms with van der Waals surface area (Å²) in [7, 11) is 2.11. The van der Waals surface area contributed by atoms with Crippen molar-refractivity contribution in [2.24, 2.45) is 5.92 Å². The maximum atomic E-state index is 11.4. The predicted molar refractivity (Wildman–Crippen MR) is 60.3 cm³/mol. The lowest BCUT2D eigenvalue weighted by atomic mass is 9.96. The van der Waals surface area contributed by atoms with E-state index in [-0.39, 0.29) is 11.8 Å². The Labute approximate surface area is 87.9 Å². The molecule has 0 radical (unpaired) electrons. The number of hydrogen-bond donors (Lipinski definition) is 1. The minimum atomic E-state index is 0.241. The Kier molecular flexibility index (Phi) is 7.48. The Bertz CT molecular complexity index is 151. The van der Waals surface area contributed by atoms with Crippen LogP contribution in [0.2, 0.25) is 0 Å². The fourth-order valence-corrected chi connectivity index (χ4v) is 1.59. The number of amides is 1. The lowest BCUT2D eigenvalue weighted by Gasteiger charge is -2.27. The van der Waals surface area contributed by atoms with Crippen molar-refractivity contribution in [2.45, 2.75) is 33.6 Å². The number of rotatable bonds is 2. The molecule has 0 bridgehead atoms. The second-order valence-corrected chi connectivity index (χ2v) is 3.47. The van der Waals surface area contributed by atoms with E-state index in [0.717, 1.165) is 32.5 Å². The van der Waals surface area contributed by atoms with Gasteiger partial charge in [-0.05, 0) is 39.9 Å². The molecule has 0 saturated carbocycles. The fourth-order valence-electron chi connectivity index (χ4n) is 1.59. The quantitative estimate of drug-likeness (QED) is 0.732. The number of carbonyl (C=O) groups is 1. The summed E-state index contributed by atoms with van der Waals surface area (Å²) in [6, 6.07) is 0. The third-order valence-electron chi connectivity index (χ3n) is 2.44. The standard InChI is InChI=1S/C9H18N2O.C2H6/c1-3-10-9(12)8-4-6-11(2)7-5-8;1-2/h8H,3-7H2,1-2H3,(H,10,12);1-2H3. The highest BCUT2D eigenvalue weighted by molar-refractivity contribution is 5.78. The summed E-state index contributed by atoms with van der Waals surface area (Å²) in [5.41, 5.74) is 0. The van der Waals surface area contributed by atoms with Gasteiger partial charge in [0.15, 0.2) is 0 Å². The van der Waals surface area contributed by atoms with Crippen LogP contribution in [-0.4, -0.2) is 37.5 Å². The fraction of sp³-hybridized carbons (Fsp3) is 0.909. The first-order valence-corrected chi connectivity index (χ1v) is 5.70. The number of carbonyl (C=O) groups excluding carboxylic acids is 1. The molecule has 1 aliphatic heterocycles. The van der Waals surface area contributed by atoms with E-state index >= 15 is 0 Å². The van der Waals surface area contributed by atoms with Crippen LogP contribution in [0.1, 0.15) is 33.6 Å². The molecule has 0 aromatic rings. The van der Waals surface area contributed by atoms with E-state index in [1.54, 1.807) is 0 Å². The Hall–Kier alpha value is -0.570. The van der Waals surface area contributed by atoms with E-state index in [4.69, 9.17) is 0 Å². The largest absolute Gasteiger partial charge is 0.356 e. The summed E-state index contributed by atoms with van der Waals surface area (Å²) in [6.45, 7) is 8.83. The number of hydrogen-bond acceptors (Lipinski definition) is 2. The van der Waals surface area contributed by atoms with Gasteiger partial charge in [0.25, 0.3) is 0 Å². The average Bonchev–Trinajstić information content (AvgIpc) is 2.22. The number of likely N-dealkylation sites (tertiary alicyclic amines) is 1. The first kappa shape index (κ1) is 13.4. The highest BCUT2D eigenvalue weighted by atomic mass is 16.1. The van der Waals surface area contributed by atoms with Crippen LogP contribution in [0.3, 0.4) is 0 Å². The van der Waals surface area contributed by atoms with Crippen LogP contribution in [0.25, 0.3) is 0 Å². The normalized spacial score (nSPS) is 18.3. The Morgan fingerprint density at radius 3 is 2.29 bits per heavy atom. The molecule has 1 rings (SSSR count). The third kappa shape index (κ3) is 4.61. The van der Waals surface area contributed by atoms with E-state index < -0.39 is 0 Å². The third-order valence-corrected chi connectivity index (χ3v) is 2.44. The number of piperidine rings is 1. The van der Waals surface area contributed by atoms with E-state index in [2.05, 4.69) is 17.3 Å². The Morgan fingerprint density at radius 2 is 1.86 bits per heavy atom. The van der Waals surface area contributed by atoms with Gasteiger partial charge in [-0.15, -0.1) is 0 Å². The molecule has 0 atom stereocenters. The minimum Gasteiger partial charge on any atom is -0.356 e. The molecule has 1 saturated heterocycles. The zero-order valence-electron chi connectivity index (χ0n) is 9.97. The first-order valence-electron chi connectivity index (χ1n) is 5.70. The molecule has 0 spiro atoms. The van der Waals surface area contributed by atoms with Crippen molar-refractivity contribution >= 4 is 5.91 Å². The molecular formula is C11H24N2O. The summed E-state index contributed by atoms with van der Waals surface area (Å²) in [5.74, 6) is 0.506. The van der Waals surface area contributed by atoms with Crippen molar-refractivity contribution < 1.29 is 4.79 Å². The van der Waals surface area contributed by atoms with E-state index in [0.29, 0.717) is 0 Å². The lowest BCUT2D eigenvalue weighted by Crippen LogP contribution is -2.38. The first-order chi connectivity index (χ1) is 6.74. The van der Waals surface area contributed by atoms with Gasteiger partial charge in [0.2, 0.25) is 5.91 Å². The predicted octanol–water partition coefficient (Wildman–Crippen LogP) is 1.49. The molecule has 0 aromatic carbocycles. The molecule has 0 unspecified atom stereocenters. The van der Waals surface area contributed by atoms with Crippen molar-refractivity contribution in [2.75, 3.05) is 26.7 Å². The second kappa shape index (κ2) is 7.80. The number of nitrogens with one attached hydrogen (secondary N) is 1. The lowest BCUT2D eigenvalue weighted by molar-refractivity contribution is -0.126. The van der Waals surface area contributed by atoms with Gasteiger partial charge < -0.3 is 10.2 Å². The highest BCUT2D eigenvalue weighted by Gasteiger charge is 2.22. The molecule has 1 aliphatic rings. The van der Waals surface area contributed by atoms with Gasteiger partial charge in [-0.2, -0.15) is 0 Å². The van der Waals surface area contributed by atoms with Crippen LogP contribution < -0.4 is 5.32 Å². The van der Waals surface area contributed by atoms with E-state index in [1.165, 1.54) is 0 Å². The van der Waals surface area contributed by atoms with Crippen molar-refractivity contribution in [1.82, 2.24) is 10.2 Å². The smallest absolute Gasteiger partial charge is 0.223 e. The molecular weight excluding hydrogens is 176 g/mol. The molecule has 3 heteroatoms. The molecule has 1 fully saturated rings. The molecule has 1 N–H and O–H groups in total. The van der Waals surface area contributed by atoms with Crippen molar-refractivity contribution in [3.05, 3.63) is 0 Å². The van der Waals surface area contributed by atoms with Crippen LogP contribution in [0.5, 0.6) is 0 Å². The van der Waals surface area contributed by atoms with E-state index in [9.17, 15) is 4.79 Å². The van der Waals surface area contributed by atoms with Crippen LogP contribution in [0.4, 0.5) is 0 Å². The molecule has 0 aliphatic carbocycles. The monoisotopic (exact) mass is 200 g/mol. The second-order valence-electron chi connectivity index (χ2n) is 3.47. The zero-order chi connectivity index (χ0) is 11.0. The van der Waals surface area contributed by atoms with Crippen LogP contribution in [-0.2, 0) is 4.79 Å². The zero-order valence-corrected chi connectivity index (χ0v) is 9.97. The average molecular weight is 200 g/mol. The minimum absolute atomic E-state index is 0.241. The SMILES string of the molecule is CC.CCNC(=O)C1CCN(C)CC1. The summed E-state index contributed by atoms with van der Waals surface area (Å²) in [5, 5.41) is 2.87. The number of nitrogens with zero attached hydrogens (tertiary/aromatic N) is 1. The van der Waals surface area contributed by atoms with Crippen molar-refractivity contribution in [3.63, 3.8) is 0 Å². The summed E-state index contributed by atoms with van der Waals surface area (Å²) in [6.07, 6.45) is 2.03. The molecule has 1 heterocycles. The topological polar surface area (TPSA) is 32.3 Å². The summed E-state index contributed by atoms with van der Waals surface area (Å²) >= 11 is 0. The van der Waals surface area contributed by atoms with Gasteiger partial charge in [-0.1, -0.05) is 13.8 Å². The van der Waals surface area contributed by atoms with Crippen molar-refractivity contribution in [3.8, 4) is 0 Å². The van der Waals surface area contributed by atoms with Gasteiger partial charge in [-0.25, -0.2) is 0 Å². The molecule has 0 aromatic heterocycles. The van der Waals surface area contributed by atoms with Gasteiger partial charge in [0.1, 0.15) is 0 Å². The van der Waals surface area contributed by atoms with Crippen molar-refractivity contribution in [1.29, 1.82) is 0 Å². The van der Waals surface area contributed by atoms with Gasteiger partial charge >= 0.3 is 0 Å². The molecule has 3 nitrogen and oxygen atoms in total. The van der Waals surface area contributed by atoms with Gasteiger partial charge in [0, 0.05) is 12.5 Å². The van der Waals surface area contributed by atoms with Crippen LogP contribution in [0.15, 0.2) is 0 Å². The van der Waals surface area contributed by atoms with Gasteiger partial charge in [-0.3, -0.25) is 4.79 Å². The van der Waals surface area contributed by atoms with Crippen LogP contribution >= 0.6 is 0 Å². The Balaban J connectivity index is 0.000000791. The highest BCUT2D eigenvalue weighted by Crippen LogP contribution is 2.15. The maximum Gasteiger partial charge on any atom is 0.223 e.